The SMILES string of the molecule is CNC(=O)c1ccc(N2CCNCC2)nn1.Cl.Cl. The number of aromatic nitrogens is 2. The standard InChI is InChI=1S/C10H15N5O.2ClH/c1-11-10(16)8-2-3-9(14-13-8)15-6-4-12-5-7-15;;/h2-3,12H,4-7H2,1H3,(H,11,16);2*1H. The molecule has 0 saturated carbocycles. The molecule has 2 N–H and O–H groups in total. The van der Waals surface area contributed by atoms with Crippen LogP contribution in [0.4, 0.5) is 5.82 Å². The van der Waals surface area contributed by atoms with Crippen LogP contribution in [0.5, 0.6) is 0 Å². The molecule has 1 aromatic heterocycles. The van der Waals surface area contributed by atoms with Crippen molar-refractivity contribution < 1.29 is 4.79 Å². The maximum absolute atomic E-state index is 11.3. The summed E-state index contributed by atoms with van der Waals surface area (Å²) in [6.07, 6.45) is 0. The highest BCUT2D eigenvalue weighted by atomic mass is 35.5. The summed E-state index contributed by atoms with van der Waals surface area (Å²) in [7, 11) is 1.58. The molecule has 0 atom stereocenters. The quantitative estimate of drug-likeness (QED) is 0.809. The van der Waals surface area contributed by atoms with E-state index in [0.29, 0.717) is 5.69 Å². The fourth-order valence-corrected chi connectivity index (χ4v) is 1.64. The molecule has 0 radical (unpaired) electrons. The Morgan fingerprint density at radius 3 is 2.44 bits per heavy atom. The number of hydrogen-bond acceptors (Lipinski definition) is 5. The number of carbonyl (C=O) groups excluding carboxylic acids is 1. The van der Waals surface area contributed by atoms with Gasteiger partial charge in [0.05, 0.1) is 0 Å². The Labute approximate surface area is 118 Å². The molecule has 0 bridgehead atoms. The number of nitrogens with one attached hydrogen (secondary N) is 2. The molecule has 1 aliphatic rings. The van der Waals surface area contributed by atoms with Crippen molar-refractivity contribution in [1.82, 2.24) is 20.8 Å². The molecule has 102 valence electrons. The average Bonchev–Trinajstić information content (AvgIpc) is 2.39. The molecule has 2 heterocycles. The first kappa shape index (κ1) is 16.9. The van der Waals surface area contributed by atoms with Gasteiger partial charge in [0.25, 0.3) is 5.91 Å². The predicted octanol–water partition coefficient (Wildman–Crippen LogP) is 0.0894. The maximum Gasteiger partial charge on any atom is 0.271 e. The third kappa shape index (κ3) is 3.97. The molecule has 18 heavy (non-hydrogen) atoms. The summed E-state index contributed by atoms with van der Waals surface area (Å²) in [5, 5.41) is 13.7. The number of piperazine rings is 1. The Bertz CT molecular complexity index is 367. The minimum Gasteiger partial charge on any atom is -0.354 e. The average molecular weight is 294 g/mol. The van der Waals surface area contributed by atoms with Gasteiger partial charge < -0.3 is 15.5 Å². The number of anilines is 1. The fourth-order valence-electron chi connectivity index (χ4n) is 1.64. The zero-order valence-electron chi connectivity index (χ0n) is 10.0. The van der Waals surface area contributed by atoms with Gasteiger partial charge >= 0.3 is 0 Å². The van der Waals surface area contributed by atoms with E-state index >= 15 is 0 Å². The molecule has 0 spiro atoms. The second kappa shape index (κ2) is 8.07. The second-order valence-electron chi connectivity index (χ2n) is 3.59. The smallest absolute Gasteiger partial charge is 0.271 e. The van der Waals surface area contributed by atoms with Gasteiger partial charge in [-0.25, -0.2) is 0 Å². The highest BCUT2D eigenvalue weighted by Crippen LogP contribution is 2.09. The van der Waals surface area contributed by atoms with E-state index in [-0.39, 0.29) is 30.7 Å². The Morgan fingerprint density at radius 1 is 1.28 bits per heavy atom. The molecule has 1 amide bonds. The summed E-state index contributed by atoms with van der Waals surface area (Å²) in [5.41, 5.74) is 0.349. The molecule has 1 aliphatic heterocycles. The van der Waals surface area contributed by atoms with Gasteiger partial charge in [0.1, 0.15) is 0 Å². The van der Waals surface area contributed by atoms with Crippen LogP contribution < -0.4 is 15.5 Å². The molecule has 8 heteroatoms. The van der Waals surface area contributed by atoms with E-state index in [1.165, 1.54) is 0 Å². The van der Waals surface area contributed by atoms with E-state index in [1.807, 2.05) is 6.07 Å². The van der Waals surface area contributed by atoms with Crippen molar-refractivity contribution in [2.75, 3.05) is 38.1 Å². The molecule has 1 saturated heterocycles. The third-order valence-electron chi connectivity index (χ3n) is 2.55. The topological polar surface area (TPSA) is 70.2 Å². The Balaban J connectivity index is 0.00000144. The number of amides is 1. The lowest BCUT2D eigenvalue weighted by Crippen LogP contribution is -2.44. The Hall–Kier alpha value is -1.11. The van der Waals surface area contributed by atoms with Crippen molar-refractivity contribution in [3.63, 3.8) is 0 Å². The summed E-state index contributed by atoms with van der Waals surface area (Å²) in [6, 6.07) is 3.53. The van der Waals surface area contributed by atoms with Gasteiger partial charge in [0, 0.05) is 33.2 Å². The van der Waals surface area contributed by atoms with Crippen molar-refractivity contribution in [3.05, 3.63) is 17.8 Å². The van der Waals surface area contributed by atoms with Crippen LogP contribution >= 0.6 is 24.8 Å². The maximum atomic E-state index is 11.3. The van der Waals surface area contributed by atoms with Crippen LogP contribution in [0.25, 0.3) is 0 Å². The van der Waals surface area contributed by atoms with Gasteiger partial charge in [0.2, 0.25) is 0 Å². The van der Waals surface area contributed by atoms with E-state index in [4.69, 9.17) is 0 Å². The Kier molecular flexibility index (Phi) is 7.58. The summed E-state index contributed by atoms with van der Waals surface area (Å²) >= 11 is 0. The Morgan fingerprint density at radius 2 is 1.94 bits per heavy atom. The van der Waals surface area contributed by atoms with Crippen LogP contribution in [0.1, 0.15) is 10.5 Å². The lowest BCUT2D eigenvalue weighted by molar-refractivity contribution is 0.0957. The van der Waals surface area contributed by atoms with Crippen LogP contribution in [0, 0.1) is 0 Å². The number of carbonyl (C=O) groups is 1. The van der Waals surface area contributed by atoms with Crippen molar-refractivity contribution in [2.24, 2.45) is 0 Å². The molecule has 1 aromatic rings. The molecule has 0 aliphatic carbocycles. The first-order chi connectivity index (χ1) is 7.81. The minimum atomic E-state index is -0.209. The van der Waals surface area contributed by atoms with Gasteiger partial charge in [-0.1, -0.05) is 0 Å². The third-order valence-corrected chi connectivity index (χ3v) is 2.55. The molecule has 2 rings (SSSR count). The van der Waals surface area contributed by atoms with E-state index < -0.39 is 0 Å². The lowest BCUT2D eigenvalue weighted by atomic mass is 10.3. The monoisotopic (exact) mass is 293 g/mol. The van der Waals surface area contributed by atoms with Gasteiger partial charge in [-0.2, -0.15) is 0 Å². The highest BCUT2D eigenvalue weighted by Gasteiger charge is 2.13. The van der Waals surface area contributed by atoms with Crippen LogP contribution in [-0.4, -0.2) is 49.3 Å². The van der Waals surface area contributed by atoms with Gasteiger partial charge in [-0.05, 0) is 12.1 Å². The molecule has 1 fully saturated rings. The predicted molar refractivity (Wildman–Crippen MR) is 75.0 cm³/mol. The number of nitrogens with zero attached hydrogens (tertiary/aromatic N) is 3. The van der Waals surface area contributed by atoms with E-state index in [1.54, 1.807) is 13.1 Å². The van der Waals surface area contributed by atoms with E-state index in [2.05, 4.69) is 25.7 Å². The van der Waals surface area contributed by atoms with Gasteiger partial charge in [-0.3, -0.25) is 4.79 Å². The molecule has 0 unspecified atom stereocenters. The van der Waals surface area contributed by atoms with Gasteiger partial charge in [0.15, 0.2) is 11.5 Å². The summed E-state index contributed by atoms with van der Waals surface area (Å²) in [5.74, 6) is 0.619. The van der Waals surface area contributed by atoms with Crippen LogP contribution in [-0.2, 0) is 0 Å². The zero-order chi connectivity index (χ0) is 11.4. The van der Waals surface area contributed by atoms with Crippen molar-refractivity contribution in [2.45, 2.75) is 0 Å². The van der Waals surface area contributed by atoms with Crippen LogP contribution in [0.15, 0.2) is 12.1 Å². The second-order valence-corrected chi connectivity index (χ2v) is 3.59. The number of halogens is 2. The van der Waals surface area contributed by atoms with Crippen molar-refractivity contribution in [3.8, 4) is 0 Å². The summed E-state index contributed by atoms with van der Waals surface area (Å²) in [4.78, 5) is 13.4. The number of hydrogen-bond donors (Lipinski definition) is 2. The van der Waals surface area contributed by atoms with Crippen molar-refractivity contribution >= 4 is 36.5 Å². The van der Waals surface area contributed by atoms with E-state index in [0.717, 1.165) is 32.0 Å². The minimum absolute atomic E-state index is 0. The van der Waals surface area contributed by atoms with Crippen LogP contribution in [0.2, 0.25) is 0 Å². The molecular formula is C10H17Cl2N5O. The van der Waals surface area contributed by atoms with Gasteiger partial charge in [-0.15, -0.1) is 35.0 Å². The molecule has 6 nitrogen and oxygen atoms in total. The molecular weight excluding hydrogens is 277 g/mol. The summed E-state index contributed by atoms with van der Waals surface area (Å²) < 4.78 is 0. The first-order valence-corrected chi connectivity index (χ1v) is 5.33. The van der Waals surface area contributed by atoms with Crippen LogP contribution in [0.3, 0.4) is 0 Å². The molecule has 0 aromatic carbocycles. The highest BCUT2D eigenvalue weighted by molar-refractivity contribution is 5.91. The van der Waals surface area contributed by atoms with E-state index in [9.17, 15) is 4.79 Å². The lowest BCUT2D eigenvalue weighted by Gasteiger charge is -2.27. The van der Waals surface area contributed by atoms with Crippen molar-refractivity contribution in [1.29, 1.82) is 0 Å². The normalized spacial score (nSPS) is 14.2. The fraction of sp³-hybridized carbons (Fsp3) is 0.500. The summed E-state index contributed by atoms with van der Waals surface area (Å²) in [6.45, 7) is 3.76. The number of rotatable bonds is 2. The largest absolute Gasteiger partial charge is 0.354 e. The zero-order valence-corrected chi connectivity index (χ0v) is 11.7. The first-order valence-electron chi connectivity index (χ1n) is 5.33.